The first kappa shape index (κ1) is 13.4. The molecule has 2 aromatic heterocycles. The molecule has 0 fully saturated rings. The van der Waals surface area contributed by atoms with Crippen LogP contribution < -0.4 is 0 Å². The second-order valence-electron chi connectivity index (χ2n) is 6.68. The number of aromatic nitrogens is 2. The van der Waals surface area contributed by atoms with Crippen LogP contribution in [0.5, 0.6) is 0 Å². The smallest absolute Gasteiger partial charge is 0.0812 e. The summed E-state index contributed by atoms with van der Waals surface area (Å²) in [5, 5.41) is 10.3. The van der Waals surface area contributed by atoms with Gasteiger partial charge in [0, 0.05) is 23.1 Å². The molecule has 0 aromatic carbocycles. The molecule has 0 saturated heterocycles. The highest BCUT2D eigenvalue weighted by Crippen LogP contribution is 2.41. The van der Waals surface area contributed by atoms with E-state index in [9.17, 15) is 5.11 Å². The van der Waals surface area contributed by atoms with E-state index in [4.69, 9.17) is 0 Å². The van der Waals surface area contributed by atoms with Gasteiger partial charge in [-0.15, -0.1) is 0 Å². The minimum atomic E-state index is -0.333. The average Bonchev–Trinajstić information content (AvgIpc) is 2.71. The lowest BCUT2D eigenvalue weighted by atomic mass is 9.75. The molecule has 1 N–H and O–H groups in total. The summed E-state index contributed by atoms with van der Waals surface area (Å²) in [4.78, 5) is 4.57. The molecule has 2 aromatic rings. The van der Waals surface area contributed by atoms with Gasteiger partial charge in [-0.05, 0) is 43.4 Å². The van der Waals surface area contributed by atoms with Crippen molar-refractivity contribution in [2.75, 3.05) is 0 Å². The summed E-state index contributed by atoms with van der Waals surface area (Å²) in [6, 6.07) is 8.18. The van der Waals surface area contributed by atoms with Crippen LogP contribution in [0.3, 0.4) is 0 Å². The van der Waals surface area contributed by atoms with Crippen molar-refractivity contribution < 1.29 is 5.11 Å². The van der Waals surface area contributed by atoms with Gasteiger partial charge in [0.2, 0.25) is 0 Å². The van der Waals surface area contributed by atoms with Crippen molar-refractivity contribution in [1.82, 2.24) is 9.55 Å². The second kappa shape index (κ2) is 4.74. The van der Waals surface area contributed by atoms with Crippen LogP contribution in [0.15, 0.2) is 30.5 Å². The number of pyridine rings is 1. The first-order valence-electron chi connectivity index (χ1n) is 7.23. The van der Waals surface area contributed by atoms with E-state index in [1.54, 1.807) is 0 Å². The van der Waals surface area contributed by atoms with Gasteiger partial charge in [0.05, 0.1) is 18.3 Å². The number of rotatable bonds is 2. The van der Waals surface area contributed by atoms with E-state index in [2.05, 4.69) is 41.7 Å². The van der Waals surface area contributed by atoms with Gasteiger partial charge in [-0.2, -0.15) is 0 Å². The molecule has 3 rings (SSSR count). The van der Waals surface area contributed by atoms with Gasteiger partial charge in [-0.25, -0.2) is 0 Å². The van der Waals surface area contributed by atoms with E-state index in [-0.39, 0.29) is 11.5 Å². The summed E-state index contributed by atoms with van der Waals surface area (Å²) in [6.45, 7) is 7.24. The number of aryl methyl sites for hydroxylation is 1. The van der Waals surface area contributed by atoms with E-state index in [0.717, 1.165) is 36.3 Å². The van der Waals surface area contributed by atoms with Crippen molar-refractivity contribution in [2.24, 2.45) is 5.41 Å². The maximum atomic E-state index is 10.3. The Labute approximate surface area is 120 Å². The Morgan fingerprint density at radius 1 is 1.35 bits per heavy atom. The Kier molecular flexibility index (Phi) is 3.17. The van der Waals surface area contributed by atoms with Gasteiger partial charge in [-0.3, -0.25) is 4.98 Å². The maximum Gasteiger partial charge on any atom is 0.0812 e. The monoisotopic (exact) mass is 270 g/mol. The molecular formula is C17H22N2O. The molecule has 0 saturated carbocycles. The Balaban J connectivity index is 1.93. The van der Waals surface area contributed by atoms with Crippen molar-refractivity contribution in [2.45, 2.75) is 46.3 Å². The fourth-order valence-electron chi connectivity index (χ4n) is 3.20. The first-order chi connectivity index (χ1) is 9.44. The van der Waals surface area contributed by atoms with E-state index < -0.39 is 0 Å². The Morgan fingerprint density at radius 3 is 2.90 bits per heavy atom. The van der Waals surface area contributed by atoms with E-state index >= 15 is 0 Å². The highest BCUT2D eigenvalue weighted by atomic mass is 16.3. The van der Waals surface area contributed by atoms with E-state index in [0.29, 0.717) is 0 Å². The molecule has 0 amide bonds. The normalized spacial score (nSPS) is 20.7. The predicted molar refractivity (Wildman–Crippen MR) is 79.6 cm³/mol. The summed E-state index contributed by atoms with van der Waals surface area (Å²) in [5.41, 5.74) is 4.63. The quantitative estimate of drug-likeness (QED) is 0.909. The van der Waals surface area contributed by atoms with Crippen molar-refractivity contribution in [3.05, 3.63) is 53.1 Å². The highest BCUT2D eigenvalue weighted by Gasteiger charge is 2.33. The zero-order chi connectivity index (χ0) is 14.3. The van der Waals surface area contributed by atoms with Gasteiger partial charge < -0.3 is 9.67 Å². The topological polar surface area (TPSA) is 38.0 Å². The minimum absolute atomic E-state index is 0.155. The fraction of sp³-hybridized carbons (Fsp3) is 0.471. The lowest BCUT2D eigenvalue weighted by Crippen LogP contribution is -2.27. The summed E-state index contributed by atoms with van der Waals surface area (Å²) in [6.07, 6.45) is 3.60. The molecule has 0 spiro atoms. The van der Waals surface area contributed by atoms with Gasteiger partial charge in [0.1, 0.15) is 0 Å². The number of hydrogen-bond donors (Lipinski definition) is 1. The zero-order valence-electron chi connectivity index (χ0n) is 12.4. The van der Waals surface area contributed by atoms with Crippen LogP contribution in [0.4, 0.5) is 0 Å². The minimum Gasteiger partial charge on any atom is -0.388 e. The average molecular weight is 270 g/mol. The number of fused-ring (bicyclic) bond motifs is 1. The third kappa shape index (κ3) is 2.50. The standard InChI is InChI=1S/C17H22N2O/c1-12-5-4-6-13(18-12)11-19-8-7-14-15(19)9-17(2,3)10-16(14)20/h4-8,16,20H,9-11H2,1-3H3. The number of nitrogens with zero attached hydrogens (tertiary/aromatic N) is 2. The second-order valence-corrected chi connectivity index (χ2v) is 6.68. The molecule has 1 aliphatic rings. The Morgan fingerprint density at radius 2 is 2.15 bits per heavy atom. The summed E-state index contributed by atoms with van der Waals surface area (Å²) < 4.78 is 2.24. The zero-order valence-corrected chi connectivity index (χ0v) is 12.4. The first-order valence-corrected chi connectivity index (χ1v) is 7.23. The molecule has 3 heteroatoms. The largest absolute Gasteiger partial charge is 0.388 e. The highest BCUT2D eigenvalue weighted by molar-refractivity contribution is 5.30. The molecule has 3 nitrogen and oxygen atoms in total. The van der Waals surface area contributed by atoms with Crippen molar-refractivity contribution in [3.8, 4) is 0 Å². The van der Waals surface area contributed by atoms with E-state index in [1.807, 2.05) is 19.1 Å². The van der Waals surface area contributed by atoms with Crippen LogP contribution in [0.1, 0.15) is 49.0 Å². The van der Waals surface area contributed by atoms with Crippen LogP contribution in [0.25, 0.3) is 0 Å². The molecule has 0 bridgehead atoms. The molecule has 1 atom stereocenters. The molecular weight excluding hydrogens is 248 g/mol. The molecule has 1 unspecified atom stereocenters. The summed E-state index contributed by atoms with van der Waals surface area (Å²) in [5.74, 6) is 0. The molecule has 2 heterocycles. The molecule has 0 radical (unpaired) electrons. The SMILES string of the molecule is Cc1cccc(Cn2ccc3c2CC(C)(C)CC3O)n1. The van der Waals surface area contributed by atoms with Crippen LogP contribution in [-0.2, 0) is 13.0 Å². The molecule has 106 valence electrons. The lowest BCUT2D eigenvalue weighted by Gasteiger charge is -2.33. The van der Waals surface area contributed by atoms with Crippen LogP contribution in [0.2, 0.25) is 0 Å². The van der Waals surface area contributed by atoms with Gasteiger partial charge in [0.15, 0.2) is 0 Å². The third-order valence-electron chi connectivity index (χ3n) is 4.14. The molecule has 0 aliphatic heterocycles. The third-order valence-corrected chi connectivity index (χ3v) is 4.14. The van der Waals surface area contributed by atoms with Crippen molar-refractivity contribution in [1.29, 1.82) is 0 Å². The van der Waals surface area contributed by atoms with Crippen LogP contribution in [-0.4, -0.2) is 14.7 Å². The number of aliphatic hydroxyl groups is 1. The molecule has 1 aliphatic carbocycles. The Hall–Kier alpha value is -1.61. The Bertz CT molecular complexity index is 628. The molecule has 20 heavy (non-hydrogen) atoms. The van der Waals surface area contributed by atoms with Crippen LogP contribution >= 0.6 is 0 Å². The lowest BCUT2D eigenvalue weighted by molar-refractivity contribution is 0.0981. The number of hydrogen-bond acceptors (Lipinski definition) is 2. The van der Waals surface area contributed by atoms with E-state index in [1.165, 1.54) is 5.69 Å². The predicted octanol–water partition coefficient (Wildman–Crippen LogP) is 3.25. The fourth-order valence-corrected chi connectivity index (χ4v) is 3.20. The van der Waals surface area contributed by atoms with Gasteiger partial charge in [0.25, 0.3) is 0 Å². The van der Waals surface area contributed by atoms with Gasteiger partial charge in [-0.1, -0.05) is 19.9 Å². The summed E-state index contributed by atoms with van der Waals surface area (Å²) in [7, 11) is 0. The van der Waals surface area contributed by atoms with Crippen molar-refractivity contribution in [3.63, 3.8) is 0 Å². The van der Waals surface area contributed by atoms with Crippen molar-refractivity contribution >= 4 is 0 Å². The van der Waals surface area contributed by atoms with Crippen LogP contribution in [0, 0.1) is 12.3 Å². The maximum absolute atomic E-state index is 10.3. The summed E-state index contributed by atoms with van der Waals surface area (Å²) >= 11 is 0. The number of aliphatic hydroxyl groups excluding tert-OH is 1. The van der Waals surface area contributed by atoms with Gasteiger partial charge >= 0.3 is 0 Å².